The fourth-order valence-electron chi connectivity index (χ4n) is 3.75. The highest BCUT2D eigenvalue weighted by Gasteiger charge is 2.09. The molecule has 27 heavy (non-hydrogen) atoms. The number of hydroxylamine groups is 4. The third-order valence-electron chi connectivity index (χ3n) is 5.59. The van der Waals surface area contributed by atoms with Crippen LogP contribution in [0.3, 0.4) is 0 Å². The molecule has 2 N–H and O–H groups in total. The molecule has 1 unspecified atom stereocenters. The zero-order valence-corrected chi connectivity index (χ0v) is 18.8. The van der Waals surface area contributed by atoms with Gasteiger partial charge in [-0.2, -0.15) is 0 Å². The summed E-state index contributed by atoms with van der Waals surface area (Å²) in [6.45, 7) is 2.90. The van der Waals surface area contributed by atoms with Crippen molar-refractivity contribution < 1.29 is 9.85 Å². The second-order valence-corrected chi connectivity index (χ2v) is 9.00. The molecule has 0 bridgehead atoms. The van der Waals surface area contributed by atoms with Crippen LogP contribution in [0.4, 0.5) is 0 Å². The zero-order valence-electron chi connectivity index (χ0n) is 18.8. The lowest BCUT2D eigenvalue weighted by Gasteiger charge is -2.34. The molecule has 0 aliphatic heterocycles. The minimum absolute atomic E-state index is 0.151. The summed E-state index contributed by atoms with van der Waals surface area (Å²) in [6, 6.07) is 0.151. The lowest BCUT2D eigenvalue weighted by Crippen LogP contribution is -2.34. The Hall–Kier alpha value is -0.160. The molecule has 0 aromatic rings. The molecule has 0 saturated heterocycles. The van der Waals surface area contributed by atoms with Gasteiger partial charge < -0.3 is 15.1 Å². The zero-order chi connectivity index (χ0) is 20.2. The Kier molecular flexibility index (Phi) is 19.1. The molecule has 0 aromatic carbocycles. The quantitative estimate of drug-likeness (QED) is 0.127. The minimum Gasteiger partial charge on any atom is -0.633 e. The lowest BCUT2D eigenvalue weighted by molar-refractivity contribution is -0.840. The van der Waals surface area contributed by atoms with E-state index in [0.29, 0.717) is 6.54 Å². The van der Waals surface area contributed by atoms with Gasteiger partial charge in [-0.3, -0.25) is 0 Å². The number of hydrogen-bond acceptors (Lipinski definition) is 3. The van der Waals surface area contributed by atoms with Gasteiger partial charge in [-0.25, -0.2) is 5.48 Å². The van der Waals surface area contributed by atoms with Crippen LogP contribution in [0.1, 0.15) is 122 Å². The fraction of sp³-hybridized carbons (Fsp3) is 1.00. The van der Waals surface area contributed by atoms with Gasteiger partial charge in [0.2, 0.25) is 0 Å². The molecule has 0 amide bonds. The molecule has 0 saturated carbocycles. The smallest absolute Gasteiger partial charge is 0.0780 e. The van der Waals surface area contributed by atoms with Crippen LogP contribution in [-0.4, -0.2) is 36.5 Å². The Labute approximate surface area is 170 Å². The Balaban J connectivity index is 3.27. The van der Waals surface area contributed by atoms with E-state index in [1.165, 1.54) is 96.3 Å². The van der Waals surface area contributed by atoms with E-state index >= 15 is 0 Å². The molecule has 0 aliphatic rings. The van der Waals surface area contributed by atoms with Crippen molar-refractivity contribution in [3.8, 4) is 0 Å². The second kappa shape index (κ2) is 19.2. The van der Waals surface area contributed by atoms with Crippen LogP contribution in [0.5, 0.6) is 0 Å². The number of nitrogens with one attached hydrogen (secondary N) is 1. The first-order chi connectivity index (χ1) is 13.0. The van der Waals surface area contributed by atoms with Crippen molar-refractivity contribution >= 4 is 0 Å². The van der Waals surface area contributed by atoms with E-state index < -0.39 is 0 Å². The Bertz CT molecular complexity index is 293. The average molecular weight is 387 g/mol. The highest BCUT2D eigenvalue weighted by molar-refractivity contribution is 4.62. The normalized spacial score (nSPS) is 13.2. The van der Waals surface area contributed by atoms with Gasteiger partial charge >= 0.3 is 0 Å². The van der Waals surface area contributed by atoms with E-state index in [1.807, 2.05) is 0 Å². The Morgan fingerprint density at radius 3 is 1.41 bits per heavy atom. The summed E-state index contributed by atoms with van der Waals surface area (Å²) in [4.78, 5) is 0. The average Bonchev–Trinajstić information content (AvgIpc) is 2.62. The third kappa shape index (κ3) is 22.0. The highest BCUT2D eigenvalue weighted by atomic mass is 16.5. The van der Waals surface area contributed by atoms with Crippen molar-refractivity contribution in [2.75, 3.05) is 20.6 Å². The number of hydrogen-bond donors (Lipinski definition) is 2. The van der Waals surface area contributed by atoms with Crippen molar-refractivity contribution in [2.45, 2.75) is 129 Å². The van der Waals surface area contributed by atoms with Crippen LogP contribution >= 0.6 is 0 Å². The largest absolute Gasteiger partial charge is 0.633 e. The molecule has 0 fully saturated rings. The predicted molar refractivity (Wildman–Crippen MR) is 118 cm³/mol. The maximum absolute atomic E-state index is 11.5. The van der Waals surface area contributed by atoms with Gasteiger partial charge in [0.15, 0.2) is 0 Å². The van der Waals surface area contributed by atoms with Crippen LogP contribution in [0.15, 0.2) is 0 Å². The molecule has 0 heterocycles. The SMILES string of the molecule is CCCCCCCCCCCCCCCCCC(CCC[N+](C)(C)[O-])NO. The molecule has 0 aromatic heterocycles. The van der Waals surface area contributed by atoms with Crippen molar-refractivity contribution in [1.82, 2.24) is 5.48 Å². The van der Waals surface area contributed by atoms with Crippen LogP contribution in [0, 0.1) is 5.21 Å². The number of nitrogens with zero attached hydrogens (tertiary/aromatic N) is 1. The van der Waals surface area contributed by atoms with E-state index in [4.69, 9.17) is 0 Å². The number of quaternary nitrogens is 1. The first-order valence-corrected chi connectivity index (χ1v) is 11.9. The minimum atomic E-state index is -0.239. The number of unbranched alkanes of at least 4 members (excludes halogenated alkanes) is 14. The lowest BCUT2D eigenvalue weighted by atomic mass is 10.0. The predicted octanol–water partition coefficient (Wildman–Crippen LogP) is 6.95. The second-order valence-electron chi connectivity index (χ2n) is 9.00. The van der Waals surface area contributed by atoms with Crippen molar-refractivity contribution in [3.05, 3.63) is 5.21 Å². The summed E-state index contributed by atoms with van der Waals surface area (Å²) in [5.74, 6) is 0. The van der Waals surface area contributed by atoms with E-state index in [9.17, 15) is 10.4 Å². The fourth-order valence-corrected chi connectivity index (χ4v) is 3.75. The molecular weight excluding hydrogens is 336 g/mol. The first-order valence-electron chi connectivity index (χ1n) is 11.9. The summed E-state index contributed by atoms with van der Waals surface area (Å²) in [6.07, 6.45) is 23.5. The molecule has 0 spiro atoms. The van der Waals surface area contributed by atoms with E-state index in [0.717, 1.165) is 19.3 Å². The third-order valence-corrected chi connectivity index (χ3v) is 5.59. The van der Waals surface area contributed by atoms with Crippen LogP contribution < -0.4 is 5.48 Å². The number of rotatable bonds is 21. The first kappa shape index (κ1) is 26.8. The van der Waals surface area contributed by atoms with E-state index in [1.54, 1.807) is 14.1 Å². The molecule has 0 radical (unpaired) electrons. The summed E-state index contributed by atoms with van der Waals surface area (Å²) in [5.41, 5.74) is 2.43. The van der Waals surface area contributed by atoms with Crippen LogP contribution in [0.25, 0.3) is 0 Å². The van der Waals surface area contributed by atoms with Crippen molar-refractivity contribution in [3.63, 3.8) is 0 Å². The van der Waals surface area contributed by atoms with Gasteiger partial charge in [-0.05, 0) is 19.3 Å². The van der Waals surface area contributed by atoms with Crippen LogP contribution in [-0.2, 0) is 0 Å². The van der Waals surface area contributed by atoms with Gasteiger partial charge in [-0.15, -0.1) is 0 Å². The maximum Gasteiger partial charge on any atom is 0.0780 e. The van der Waals surface area contributed by atoms with Crippen LogP contribution in [0.2, 0.25) is 0 Å². The Morgan fingerprint density at radius 2 is 1.04 bits per heavy atom. The van der Waals surface area contributed by atoms with Crippen molar-refractivity contribution in [1.29, 1.82) is 0 Å². The Morgan fingerprint density at radius 1 is 0.667 bits per heavy atom. The van der Waals surface area contributed by atoms with E-state index in [-0.39, 0.29) is 10.7 Å². The molecule has 164 valence electrons. The van der Waals surface area contributed by atoms with E-state index in [2.05, 4.69) is 12.4 Å². The summed E-state index contributed by atoms with van der Waals surface area (Å²) in [5, 5.41) is 20.8. The molecule has 4 nitrogen and oxygen atoms in total. The molecule has 0 aliphatic carbocycles. The van der Waals surface area contributed by atoms with Gasteiger partial charge in [0.25, 0.3) is 0 Å². The summed E-state index contributed by atoms with van der Waals surface area (Å²) in [7, 11) is 3.35. The molecule has 4 heteroatoms. The monoisotopic (exact) mass is 386 g/mol. The van der Waals surface area contributed by atoms with Gasteiger partial charge in [0, 0.05) is 6.04 Å². The molecule has 1 atom stereocenters. The van der Waals surface area contributed by atoms with Gasteiger partial charge in [-0.1, -0.05) is 103 Å². The summed E-state index contributed by atoms with van der Waals surface area (Å²) < 4.78 is -0.239. The highest BCUT2D eigenvalue weighted by Crippen LogP contribution is 2.15. The summed E-state index contributed by atoms with van der Waals surface area (Å²) >= 11 is 0. The van der Waals surface area contributed by atoms with Gasteiger partial charge in [0.1, 0.15) is 0 Å². The van der Waals surface area contributed by atoms with Gasteiger partial charge in [0.05, 0.1) is 20.6 Å². The van der Waals surface area contributed by atoms with Crippen molar-refractivity contribution in [2.24, 2.45) is 0 Å². The standard InChI is InChI=1S/C23H50N2O2/c1-4-5-6-7-8-9-10-11-12-13-14-15-16-17-18-20-23(24-26)21-19-22-25(2,3)27/h23-24,26H,4-22H2,1-3H3. The maximum atomic E-state index is 11.5. The molecular formula is C23H50N2O2. The molecule has 0 rings (SSSR count). The topological polar surface area (TPSA) is 55.3 Å².